The minimum atomic E-state index is -0.409. The van der Waals surface area contributed by atoms with Crippen LogP contribution in [0.2, 0.25) is 0 Å². The van der Waals surface area contributed by atoms with E-state index in [1.54, 1.807) is 0 Å². The molecule has 0 aromatic carbocycles. The first-order valence-corrected chi connectivity index (χ1v) is 9.97. The van der Waals surface area contributed by atoms with E-state index < -0.39 is 5.92 Å². The summed E-state index contributed by atoms with van der Waals surface area (Å²) in [6.07, 6.45) is 8.43. The molecule has 7 heteroatoms. The maximum Gasteiger partial charge on any atom is 0.233 e. The molecule has 7 nitrogen and oxygen atoms in total. The van der Waals surface area contributed by atoms with Gasteiger partial charge in [-0.25, -0.2) is 5.06 Å². The number of rotatable bonds is 10. The standard InChI is InChI=1S/C19H31N3O4/c1-2-3-4-14(11-21(26)13-23)18(25)22-12-19(7-8-19)10-16(22)9-17(24)20-15-5-6-15/h13-16,26H,2-12H2,1H3,(H,20,24)/t14-,16-/m1/s1. The van der Waals surface area contributed by atoms with Gasteiger partial charge in [0.25, 0.3) is 0 Å². The lowest BCUT2D eigenvalue weighted by molar-refractivity contribution is -0.157. The topological polar surface area (TPSA) is 90.0 Å². The molecule has 3 fully saturated rings. The highest BCUT2D eigenvalue weighted by Crippen LogP contribution is 2.55. The predicted octanol–water partition coefficient (Wildman–Crippen LogP) is 1.69. The molecule has 146 valence electrons. The Hall–Kier alpha value is -1.63. The Balaban J connectivity index is 1.65. The summed E-state index contributed by atoms with van der Waals surface area (Å²) in [6.45, 7) is 2.78. The summed E-state index contributed by atoms with van der Waals surface area (Å²) >= 11 is 0. The van der Waals surface area contributed by atoms with E-state index in [1.165, 1.54) is 0 Å². The summed E-state index contributed by atoms with van der Waals surface area (Å²) in [7, 11) is 0. The van der Waals surface area contributed by atoms with Crippen molar-refractivity contribution in [2.45, 2.75) is 76.8 Å². The van der Waals surface area contributed by atoms with Crippen molar-refractivity contribution in [2.75, 3.05) is 13.1 Å². The van der Waals surface area contributed by atoms with E-state index >= 15 is 0 Å². The fraction of sp³-hybridized carbons (Fsp3) is 0.842. The Morgan fingerprint density at radius 3 is 2.69 bits per heavy atom. The summed E-state index contributed by atoms with van der Waals surface area (Å²) in [5, 5.41) is 13.2. The van der Waals surface area contributed by atoms with Crippen LogP contribution in [0.15, 0.2) is 0 Å². The quantitative estimate of drug-likeness (QED) is 0.350. The number of nitrogens with zero attached hydrogens (tertiary/aromatic N) is 2. The van der Waals surface area contributed by atoms with Crippen LogP contribution in [0.4, 0.5) is 0 Å². The Bertz CT molecular complexity index is 545. The van der Waals surface area contributed by atoms with Crippen LogP contribution in [-0.4, -0.2) is 58.6 Å². The summed E-state index contributed by atoms with van der Waals surface area (Å²) in [6, 6.07) is 0.270. The van der Waals surface area contributed by atoms with Crippen molar-refractivity contribution in [3.05, 3.63) is 0 Å². The third kappa shape index (κ3) is 4.75. The number of nitrogens with one attached hydrogen (secondary N) is 1. The molecular formula is C19H31N3O4. The van der Waals surface area contributed by atoms with Crippen molar-refractivity contribution in [1.29, 1.82) is 0 Å². The van der Waals surface area contributed by atoms with Gasteiger partial charge in [-0.3, -0.25) is 19.6 Å². The molecular weight excluding hydrogens is 334 g/mol. The van der Waals surface area contributed by atoms with Crippen LogP contribution in [-0.2, 0) is 14.4 Å². The van der Waals surface area contributed by atoms with E-state index in [9.17, 15) is 19.6 Å². The third-order valence-corrected chi connectivity index (χ3v) is 6.00. The number of carbonyl (C=O) groups excluding carboxylic acids is 3. The van der Waals surface area contributed by atoms with Gasteiger partial charge in [-0.05, 0) is 43.9 Å². The summed E-state index contributed by atoms with van der Waals surface area (Å²) < 4.78 is 0. The number of carbonyl (C=O) groups is 3. The van der Waals surface area contributed by atoms with E-state index in [4.69, 9.17) is 0 Å². The van der Waals surface area contributed by atoms with Crippen LogP contribution in [0.5, 0.6) is 0 Å². The second-order valence-electron chi connectivity index (χ2n) is 8.44. The lowest BCUT2D eigenvalue weighted by atomic mass is 9.99. The molecule has 0 aromatic rings. The molecule has 1 spiro atoms. The first kappa shape index (κ1) is 19.1. The van der Waals surface area contributed by atoms with Crippen LogP contribution >= 0.6 is 0 Å². The lowest BCUT2D eigenvalue weighted by Gasteiger charge is -2.29. The molecule has 0 aromatic heterocycles. The zero-order valence-corrected chi connectivity index (χ0v) is 15.7. The largest absolute Gasteiger partial charge is 0.353 e. The zero-order valence-electron chi connectivity index (χ0n) is 15.7. The van der Waals surface area contributed by atoms with Gasteiger partial charge in [-0.1, -0.05) is 19.8 Å². The molecule has 3 amide bonds. The van der Waals surface area contributed by atoms with Crippen LogP contribution in [0.25, 0.3) is 0 Å². The SMILES string of the molecule is CCCC[C@H](CN(O)C=O)C(=O)N1CC2(CC2)C[C@H]1CC(=O)NC1CC1. The third-order valence-electron chi connectivity index (χ3n) is 6.00. The van der Waals surface area contributed by atoms with Crippen LogP contribution < -0.4 is 5.32 Å². The Morgan fingerprint density at radius 2 is 2.12 bits per heavy atom. The van der Waals surface area contributed by atoms with Gasteiger partial charge in [-0.15, -0.1) is 0 Å². The molecule has 1 heterocycles. The van der Waals surface area contributed by atoms with Crippen molar-refractivity contribution in [1.82, 2.24) is 15.3 Å². The van der Waals surface area contributed by atoms with E-state index in [0.717, 1.165) is 44.9 Å². The minimum Gasteiger partial charge on any atom is -0.353 e. The predicted molar refractivity (Wildman–Crippen MR) is 95.1 cm³/mol. The second-order valence-corrected chi connectivity index (χ2v) is 8.44. The molecule has 2 aliphatic carbocycles. The lowest BCUT2D eigenvalue weighted by Crippen LogP contribution is -2.45. The summed E-state index contributed by atoms with van der Waals surface area (Å²) in [4.78, 5) is 38.1. The average Bonchev–Trinajstić information content (AvgIpc) is 3.52. The van der Waals surface area contributed by atoms with E-state index in [2.05, 4.69) is 12.2 Å². The van der Waals surface area contributed by atoms with Crippen LogP contribution in [0.3, 0.4) is 0 Å². The molecule has 26 heavy (non-hydrogen) atoms. The van der Waals surface area contributed by atoms with Gasteiger partial charge in [0.1, 0.15) is 0 Å². The maximum absolute atomic E-state index is 13.2. The minimum absolute atomic E-state index is 0.0207. The number of hydroxylamine groups is 2. The molecule has 2 saturated carbocycles. The van der Waals surface area contributed by atoms with Crippen molar-refractivity contribution < 1.29 is 19.6 Å². The van der Waals surface area contributed by atoms with Gasteiger partial charge in [0.2, 0.25) is 18.2 Å². The molecule has 0 bridgehead atoms. The van der Waals surface area contributed by atoms with Gasteiger partial charge in [0.15, 0.2) is 0 Å². The summed E-state index contributed by atoms with van der Waals surface area (Å²) in [5.41, 5.74) is 0.207. The fourth-order valence-electron chi connectivity index (χ4n) is 4.12. The van der Waals surface area contributed by atoms with Gasteiger partial charge in [-0.2, -0.15) is 0 Å². The normalized spacial score (nSPS) is 24.4. The smallest absolute Gasteiger partial charge is 0.233 e. The fourth-order valence-corrected chi connectivity index (χ4v) is 4.12. The van der Waals surface area contributed by atoms with Gasteiger partial charge in [0.05, 0.1) is 12.5 Å². The van der Waals surface area contributed by atoms with Crippen LogP contribution in [0, 0.1) is 11.3 Å². The number of amides is 3. The Kier molecular flexibility index (Phi) is 5.85. The average molecular weight is 365 g/mol. The van der Waals surface area contributed by atoms with Crippen molar-refractivity contribution >= 4 is 18.2 Å². The van der Waals surface area contributed by atoms with Gasteiger partial charge < -0.3 is 10.2 Å². The highest BCUT2D eigenvalue weighted by molar-refractivity contribution is 5.82. The molecule has 1 saturated heterocycles. The molecule has 0 radical (unpaired) electrons. The van der Waals surface area contributed by atoms with Gasteiger partial charge >= 0.3 is 0 Å². The van der Waals surface area contributed by atoms with E-state index in [1.807, 2.05) is 4.90 Å². The number of unbranched alkanes of at least 4 members (excludes halogenated alkanes) is 1. The first-order valence-electron chi connectivity index (χ1n) is 9.97. The summed E-state index contributed by atoms with van der Waals surface area (Å²) in [5.74, 6) is -0.393. The molecule has 2 atom stereocenters. The Morgan fingerprint density at radius 1 is 1.38 bits per heavy atom. The molecule has 3 rings (SSSR count). The highest BCUT2D eigenvalue weighted by Gasteiger charge is 2.54. The van der Waals surface area contributed by atoms with Crippen molar-refractivity contribution in [3.63, 3.8) is 0 Å². The zero-order chi connectivity index (χ0) is 18.7. The monoisotopic (exact) mass is 365 g/mol. The van der Waals surface area contributed by atoms with Crippen molar-refractivity contribution in [2.24, 2.45) is 11.3 Å². The van der Waals surface area contributed by atoms with Gasteiger partial charge in [0, 0.05) is 25.0 Å². The molecule has 2 N–H and O–H groups in total. The van der Waals surface area contributed by atoms with Crippen LogP contribution in [0.1, 0.15) is 64.7 Å². The first-order chi connectivity index (χ1) is 12.5. The Labute approximate surface area is 155 Å². The van der Waals surface area contributed by atoms with E-state index in [0.29, 0.717) is 36.9 Å². The number of hydrogen-bond donors (Lipinski definition) is 2. The number of hydrogen-bond acceptors (Lipinski definition) is 4. The molecule has 0 unspecified atom stereocenters. The van der Waals surface area contributed by atoms with E-state index in [-0.39, 0.29) is 29.8 Å². The molecule has 1 aliphatic heterocycles. The highest BCUT2D eigenvalue weighted by atomic mass is 16.5. The molecule has 3 aliphatic rings. The maximum atomic E-state index is 13.2. The second kappa shape index (κ2) is 7.94. The van der Waals surface area contributed by atoms with Crippen molar-refractivity contribution in [3.8, 4) is 0 Å². The number of likely N-dealkylation sites (tertiary alicyclic amines) is 1.